The maximum Gasteiger partial charge on any atom is 0.319 e. The number of rotatable bonds is 4. The Morgan fingerprint density at radius 2 is 1.80 bits per heavy atom. The molecule has 3 rings (SSSR count). The largest absolute Gasteiger partial charge is 0.334 e. The number of hydrogen-bond donors (Lipinski definition) is 2. The Morgan fingerprint density at radius 1 is 1.08 bits per heavy atom. The van der Waals surface area contributed by atoms with Gasteiger partial charge >= 0.3 is 6.03 Å². The predicted octanol–water partition coefficient (Wildman–Crippen LogP) is 3.48. The molecule has 0 saturated carbocycles. The maximum absolute atomic E-state index is 12.0. The summed E-state index contributed by atoms with van der Waals surface area (Å²) in [4.78, 5) is 25.4. The molecule has 5 nitrogen and oxygen atoms in total. The van der Waals surface area contributed by atoms with Crippen molar-refractivity contribution in [2.75, 3.05) is 16.8 Å². The summed E-state index contributed by atoms with van der Waals surface area (Å²) in [5.74, 6) is 0.0677. The Morgan fingerprint density at radius 3 is 2.48 bits per heavy atom. The first kappa shape index (κ1) is 17.0. The fraction of sp³-hybridized carbons (Fsp3) is 0.300. The summed E-state index contributed by atoms with van der Waals surface area (Å²) in [6.45, 7) is 4.87. The molecule has 1 aliphatic rings. The van der Waals surface area contributed by atoms with Gasteiger partial charge in [0.1, 0.15) is 0 Å². The van der Waals surface area contributed by atoms with Crippen LogP contribution in [0.5, 0.6) is 0 Å². The molecule has 2 N–H and O–H groups in total. The van der Waals surface area contributed by atoms with E-state index < -0.39 is 0 Å². The molecule has 0 aliphatic carbocycles. The van der Waals surface area contributed by atoms with Gasteiger partial charge in [-0.15, -0.1) is 0 Å². The van der Waals surface area contributed by atoms with E-state index in [0.717, 1.165) is 41.9 Å². The lowest BCUT2D eigenvalue weighted by molar-refractivity contribution is -0.116. The summed E-state index contributed by atoms with van der Waals surface area (Å²) in [6.07, 6.45) is 1.84. The molecular weight excluding hydrogens is 314 g/mol. The van der Waals surface area contributed by atoms with Crippen molar-refractivity contribution in [2.45, 2.75) is 33.2 Å². The van der Waals surface area contributed by atoms with Gasteiger partial charge in [-0.3, -0.25) is 4.79 Å². The normalized spacial score (nSPS) is 12.6. The minimum atomic E-state index is -0.227. The molecule has 0 radical (unpaired) electrons. The minimum absolute atomic E-state index is 0.0677. The summed E-state index contributed by atoms with van der Waals surface area (Å²) >= 11 is 0. The quantitative estimate of drug-likeness (QED) is 0.897. The number of carbonyl (C=O) groups excluding carboxylic acids is 2. The Labute approximate surface area is 148 Å². The zero-order valence-electron chi connectivity index (χ0n) is 14.6. The molecule has 130 valence electrons. The maximum atomic E-state index is 12.0. The third-order valence-corrected chi connectivity index (χ3v) is 4.49. The molecule has 0 fully saturated rings. The lowest BCUT2D eigenvalue weighted by Gasteiger charge is -2.15. The van der Waals surface area contributed by atoms with Gasteiger partial charge in [0.2, 0.25) is 5.91 Å². The van der Waals surface area contributed by atoms with E-state index in [2.05, 4.69) is 23.6 Å². The molecule has 2 aromatic rings. The summed E-state index contributed by atoms with van der Waals surface area (Å²) in [5.41, 5.74) is 5.19. The van der Waals surface area contributed by atoms with Crippen molar-refractivity contribution in [1.29, 1.82) is 0 Å². The first-order valence-electron chi connectivity index (χ1n) is 8.60. The van der Waals surface area contributed by atoms with Crippen molar-refractivity contribution in [3.05, 3.63) is 59.2 Å². The van der Waals surface area contributed by atoms with Crippen molar-refractivity contribution in [3.8, 4) is 0 Å². The van der Waals surface area contributed by atoms with Crippen LogP contribution in [0.15, 0.2) is 42.5 Å². The van der Waals surface area contributed by atoms with Gasteiger partial charge in [0.25, 0.3) is 0 Å². The van der Waals surface area contributed by atoms with Crippen molar-refractivity contribution >= 4 is 23.3 Å². The second-order valence-corrected chi connectivity index (χ2v) is 6.24. The van der Waals surface area contributed by atoms with Crippen LogP contribution in [0, 0.1) is 0 Å². The van der Waals surface area contributed by atoms with E-state index in [1.54, 1.807) is 11.8 Å². The number of benzene rings is 2. The van der Waals surface area contributed by atoms with E-state index >= 15 is 0 Å². The lowest BCUT2D eigenvalue weighted by atomic mass is 10.1. The minimum Gasteiger partial charge on any atom is -0.334 e. The number of nitrogens with zero attached hydrogens (tertiary/aromatic N) is 1. The number of aryl methyl sites for hydroxylation is 1. The highest BCUT2D eigenvalue weighted by atomic mass is 16.2. The Kier molecular flexibility index (Phi) is 5.03. The van der Waals surface area contributed by atoms with Crippen LogP contribution in [0.3, 0.4) is 0 Å². The molecule has 2 aromatic carbocycles. The zero-order valence-corrected chi connectivity index (χ0v) is 14.6. The molecule has 0 unspecified atom stereocenters. The van der Waals surface area contributed by atoms with Gasteiger partial charge in [-0.05, 0) is 47.7 Å². The van der Waals surface area contributed by atoms with E-state index in [0.29, 0.717) is 6.54 Å². The Hall–Kier alpha value is -2.82. The second kappa shape index (κ2) is 7.38. The van der Waals surface area contributed by atoms with Crippen molar-refractivity contribution in [1.82, 2.24) is 5.32 Å². The molecule has 1 aliphatic heterocycles. The molecule has 0 saturated heterocycles. The van der Waals surface area contributed by atoms with Gasteiger partial charge in [0.15, 0.2) is 0 Å². The molecule has 0 aromatic heterocycles. The van der Waals surface area contributed by atoms with Gasteiger partial charge < -0.3 is 15.5 Å². The predicted molar refractivity (Wildman–Crippen MR) is 99.9 cm³/mol. The van der Waals surface area contributed by atoms with Crippen LogP contribution in [0.25, 0.3) is 0 Å². The third kappa shape index (κ3) is 3.99. The van der Waals surface area contributed by atoms with Crippen LogP contribution in [-0.4, -0.2) is 18.5 Å². The monoisotopic (exact) mass is 337 g/mol. The van der Waals surface area contributed by atoms with Crippen LogP contribution in [0.1, 0.15) is 30.5 Å². The van der Waals surface area contributed by atoms with Crippen LogP contribution in [0.2, 0.25) is 0 Å². The van der Waals surface area contributed by atoms with Crippen molar-refractivity contribution < 1.29 is 9.59 Å². The van der Waals surface area contributed by atoms with Crippen molar-refractivity contribution in [2.24, 2.45) is 0 Å². The van der Waals surface area contributed by atoms with E-state index in [9.17, 15) is 9.59 Å². The molecule has 1 heterocycles. The Balaban J connectivity index is 1.56. The second-order valence-electron chi connectivity index (χ2n) is 6.24. The van der Waals surface area contributed by atoms with Crippen LogP contribution in [-0.2, 0) is 24.2 Å². The molecule has 0 bridgehead atoms. The number of amides is 3. The van der Waals surface area contributed by atoms with Crippen LogP contribution >= 0.6 is 0 Å². The molecular formula is C20H23N3O2. The van der Waals surface area contributed by atoms with Gasteiger partial charge in [-0.25, -0.2) is 4.79 Å². The molecule has 0 atom stereocenters. The number of urea groups is 1. The summed E-state index contributed by atoms with van der Waals surface area (Å²) < 4.78 is 0. The zero-order chi connectivity index (χ0) is 17.8. The number of anilines is 2. The topological polar surface area (TPSA) is 61.4 Å². The average Bonchev–Trinajstić information content (AvgIpc) is 3.04. The number of hydrogen-bond acceptors (Lipinski definition) is 2. The number of carbonyl (C=O) groups is 2. The van der Waals surface area contributed by atoms with Crippen molar-refractivity contribution in [3.63, 3.8) is 0 Å². The summed E-state index contributed by atoms with van der Waals surface area (Å²) in [7, 11) is 0. The standard InChI is InChI=1S/C20H23N3O2/c1-3-15-4-7-18(8-5-15)22-20(25)21-13-16-6-9-19-17(12-16)10-11-23(19)14(2)24/h4-9,12H,3,10-11,13H2,1-2H3,(H2,21,22,25). The van der Waals surface area contributed by atoms with Gasteiger partial charge in [-0.2, -0.15) is 0 Å². The molecule has 0 spiro atoms. The van der Waals surface area contributed by atoms with Gasteiger partial charge in [0.05, 0.1) is 0 Å². The fourth-order valence-electron chi connectivity index (χ4n) is 3.07. The third-order valence-electron chi connectivity index (χ3n) is 4.49. The average molecular weight is 337 g/mol. The van der Waals surface area contributed by atoms with Gasteiger partial charge in [-0.1, -0.05) is 31.2 Å². The van der Waals surface area contributed by atoms with Gasteiger partial charge in [0, 0.05) is 31.4 Å². The van der Waals surface area contributed by atoms with E-state index in [4.69, 9.17) is 0 Å². The first-order chi connectivity index (χ1) is 12.1. The van der Waals surface area contributed by atoms with E-state index in [1.165, 1.54) is 5.56 Å². The molecule has 3 amide bonds. The number of nitrogens with one attached hydrogen (secondary N) is 2. The first-order valence-corrected chi connectivity index (χ1v) is 8.60. The van der Waals surface area contributed by atoms with Crippen LogP contribution < -0.4 is 15.5 Å². The summed E-state index contributed by atoms with van der Waals surface area (Å²) in [6, 6.07) is 13.6. The lowest BCUT2D eigenvalue weighted by Crippen LogP contribution is -2.28. The molecule has 25 heavy (non-hydrogen) atoms. The van der Waals surface area contributed by atoms with E-state index in [1.807, 2.05) is 36.4 Å². The SMILES string of the molecule is CCc1ccc(NC(=O)NCc2ccc3c(c2)CCN3C(C)=O)cc1. The highest BCUT2D eigenvalue weighted by Gasteiger charge is 2.21. The fourth-order valence-corrected chi connectivity index (χ4v) is 3.07. The summed E-state index contributed by atoms with van der Waals surface area (Å²) in [5, 5.41) is 5.71. The van der Waals surface area contributed by atoms with E-state index in [-0.39, 0.29) is 11.9 Å². The van der Waals surface area contributed by atoms with Crippen LogP contribution in [0.4, 0.5) is 16.2 Å². The molecule has 5 heteroatoms. The smallest absolute Gasteiger partial charge is 0.319 e. The highest BCUT2D eigenvalue weighted by Crippen LogP contribution is 2.28. The Bertz CT molecular complexity index is 784. The highest BCUT2D eigenvalue weighted by molar-refractivity contribution is 5.93. The number of fused-ring (bicyclic) bond motifs is 1.